The summed E-state index contributed by atoms with van der Waals surface area (Å²) in [6, 6.07) is 8.67. The number of rotatable bonds is 5. The van der Waals surface area contributed by atoms with E-state index in [1.165, 1.54) is 29.3 Å². The van der Waals surface area contributed by atoms with Crippen LogP contribution in [0.3, 0.4) is 0 Å². The molecule has 0 aliphatic carbocycles. The second kappa shape index (κ2) is 5.49. The molecule has 0 saturated heterocycles. The molecule has 0 saturated carbocycles. The minimum absolute atomic E-state index is 0.714. The Morgan fingerprint density at radius 2 is 2.10 bits per heavy atom. The Kier molecular flexibility index (Phi) is 3.54. The zero-order chi connectivity index (χ0) is 13.9. The summed E-state index contributed by atoms with van der Waals surface area (Å²) in [6.07, 6.45) is 7.54. The largest absolute Gasteiger partial charge is 0.327 e. The molecular weight excluding hydrogens is 248 g/mol. The van der Waals surface area contributed by atoms with E-state index in [1.54, 1.807) is 0 Å². The second-order valence-corrected chi connectivity index (χ2v) is 5.34. The van der Waals surface area contributed by atoms with Crippen molar-refractivity contribution in [3.05, 3.63) is 47.9 Å². The fraction of sp³-hybridized carbons (Fsp3) is 0.375. The van der Waals surface area contributed by atoms with Crippen molar-refractivity contribution in [3.63, 3.8) is 0 Å². The van der Waals surface area contributed by atoms with Crippen LogP contribution in [0.5, 0.6) is 0 Å². The van der Waals surface area contributed by atoms with Crippen LogP contribution in [0.15, 0.2) is 36.7 Å². The maximum Gasteiger partial charge on any atom is 0.118 e. The third-order valence-corrected chi connectivity index (χ3v) is 3.60. The lowest BCUT2D eigenvalue weighted by molar-refractivity contribution is 0.542. The predicted molar refractivity (Wildman–Crippen MR) is 80.7 cm³/mol. The molecule has 0 unspecified atom stereocenters. The van der Waals surface area contributed by atoms with Crippen molar-refractivity contribution in [2.45, 2.75) is 39.8 Å². The first-order valence-corrected chi connectivity index (χ1v) is 7.21. The van der Waals surface area contributed by atoms with E-state index in [9.17, 15) is 0 Å². The molecule has 3 rings (SSSR count). The Balaban J connectivity index is 1.80. The van der Waals surface area contributed by atoms with Crippen LogP contribution in [0.4, 0.5) is 0 Å². The molecule has 20 heavy (non-hydrogen) atoms. The number of hydrogen-bond donors (Lipinski definition) is 0. The molecular formula is C16H20N4. The van der Waals surface area contributed by atoms with Gasteiger partial charge < -0.3 is 4.57 Å². The number of unbranched alkanes of at least 4 members (excludes halogenated alkanes) is 1. The summed E-state index contributed by atoms with van der Waals surface area (Å²) in [4.78, 5) is 0. The van der Waals surface area contributed by atoms with Crippen molar-refractivity contribution in [1.29, 1.82) is 0 Å². The smallest absolute Gasteiger partial charge is 0.118 e. The summed E-state index contributed by atoms with van der Waals surface area (Å²) in [7, 11) is 0. The highest BCUT2D eigenvalue weighted by Crippen LogP contribution is 2.17. The van der Waals surface area contributed by atoms with Gasteiger partial charge in [-0.05, 0) is 43.4 Å². The first kappa shape index (κ1) is 12.9. The molecule has 0 aliphatic heterocycles. The third kappa shape index (κ3) is 2.59. The Morgan fingerprint density at radius 1 is 1.20 bits per heavy atom. The van der Waals surface area contributed by atoms with Crippen LogP contribution in [-0.4, -0.2) is 19.6 Å². The highest BCUT2D eigenvalue weighted by atomic mass is 15.4. The fourth-order valence-electron chi connectivity index (χ4n) is 2.48. The van der Waals surface area contributed by atoms with Gasteiger partial charge in [-0.2, -0.15) is 0 Å². The minimum Gasteiger partial charge on any atom is -0.327 e. The maximum absolute atomic E-state index is 4.23. The van der Waals surface area contributed by atoms with E-state index in [4.69, 9.17) is 0 Å². The molecule has 0 fully saturated rings. The second-order valence-electron chi connectivity index (χ2n) is 5.34. The van der Waals surface area contributed by atoms with Crippen molar-refractivity contribution in [2.24, 2.45) is 0 Å². The SMILES string of the molecule is CCCCc1cn(Cn2ccc3cc(C)ccc32)nn1. The van der Waals surface area contributed by atoms with E-state index in [1.807, 2.05) is 4.68 Å². The molecule has 4 nitrogen and oxygen atoms in total. The quantitative estimate of drug-likeness (QED) is 0.711. The highest BCUT2D eigenvalue weighted by Gasteiger charge is 2.04. The third-order valence-electron chi connectivity index (χ3n) is 3.60. The number of benzene rings is 1. The van der Waals surface area contributed by atoms with Gasteiger partial charge in [0.2, 0.25) is 0 Å². The summed E-state index contributed by atoms with van der Waals surface area (Å²) in [5.41, 5.74) is 3.61. The minimum atomic E-state index is 0.714. The van der Waals surface area contributed by atoms with Gasteiger partial charge in [0.25, 0.3) is 0 Å². The van der Waals surface area contributed by atoms with Gasteiger partial charge in [-0.25, -0.2) is 4.68 Å². The van der Waals surface area contributed by atoms with Crippen LogP contribution in [0.1, 0.15) is 31.0 Å². The van der Waals surface area contributed by atoms with Gasteiger partial charge in [0, 0.05) is 11.7 Å². The monoisotopic (exact) mass is 268 g/mol. The van der Waals surface area contributed by atoms with Gasteiger partial charge in [-0.1, -0.05) is 30.2 Å². The van der Waals surface area contributed by atoms with Crippen LogP contribution in [0.25, 0.3) is 10.9 Å². The molecule has 3 aromatic rings. The van der Waals surface area contributed by atoms with Crippen molar-refractivity contribution >= 4 is 10.9 Å². The van der Waals surface area contributed by atoms with Crippen molar-refractivity contribution in [1.82, 2.24) is 19.6 Å². The summed E-state index contributed by atoms with van der Waals surface area (Å²) in [6.45, 7) is 5.03. The zero-order valence-electron chi connectivity index (χ0n) is 12.1. The van der Waals surface area contributed by atoms with Crippen molar-refractivity contribution < 1.29 is 0 Å². The topological polar surface area (TPSA) is 35.6 Å². The van der Waals surface area contributed by atoms with Gasteiger partial charge >= 0.3 is 0 Å². The van der Waals surface area contributed by atoms with E-state index in [0.29, 0.717) is 6.67 Å². The van der Waals surface area contributed by atoms with Crippen LogP contribution >= 0.6 is 0 Å². The number of hydrogen-bond acceptors (Lipinski definition) is 2. The Morgan fingerprint density at radius 3 is 2.95 bits per heavy atom. The molecule has 2 aromatic heterocycles. The van der Waals surface area contributed by atoms with E-state index in [2.05, 4.69) is 65.4 Å². The van der Waals surface area contributed by atoms with Crippen LogP contribution in [0.2, 0.25) is 0 Å². The average Bonchev–Trinajstić information content (AvgIpc) is 3.04. The van der Waals surface area contributed by atoms with Crippen LogP contribution in [0, 0.1) is 6.92 Å². The van der Waals surface area contributed by atoms with Crippen molar-refractivity contribution in [2.75, 3.05) is 0 Å². The van der Waals surface area contributed by atoms with Gasteiger partial charge in [0.15, 0.2) is 0 Å². The number of nitrogens with zero attached hydrogens (tertiary/aromatic N) is 4. The van der Waals surface area contributed by atoms with Gasteiger partial charge in [-0.3, -0.25) is 0 Å². The Hall–Kier alpha value is -2.10. The molecule has 0 bridgehead atoms. The molecule has 0 radical (unpaired) electrons. The molecule has 0 amide bonds. The Labute approximate surface area is 119 Å². The highest BCUT2D eigenvalue weighted by molar-refractivity contribution is 5.80. The molecule has 0 spiro atoms. The van der Waals surface area contributed by atoms with Crippen LogP contribution < -0.4 is 0 Å². The predicted octanol–water partition coefficient (Wildman–Crippen LogP) is 3.39. The lowest BCUT2D eigenvalue weighted by Gasteiger charge is -2.05. The number of aryl methyl sites for hydroxylation is 2. The van der Waals surface area contributed by atoms with E-state index >= 15 is 0 Å². The standard InChI is InChI=1S/C16H20N4/c1-3-4-5-15-11-20(18-17-15)12-19-9-8-14-10-13(2)6-7-16(14)19/h6-11H,3-5,12H2,1-2H3. The lowest BCUT2D eigenvalue weighted by atomic mass is 10.2. The Bertz CT molecular complexity index is 708. The van der Waals surface area contributed by atoms with E-state index in [-0.39, 0.29) is 0 Å². The fourth-order valence-corrected chi connectivity index (χ4v) is 2.48. The first-order chi connectivity index (χ1) is 9.76. The van der Waals surface area contributed by atoms with Crippen molar-refractivity contribution in [3.8, 4) is 0 Å². The maximum atomic E-state index is 4.23. The molecule has 104 valence electrons. The summed E-state index contributed by atoms with van der Waals surface area (Å²) < 4.78 is 4.11. The molecule has 0 atom stereocenters. The molecule has 1 aromatic carbocycles. The summed E-state index contributed by atoms with van der Waals surface area (Å²) >= 11 is 0. The van der Waals surface area contributed by atoms with E-state index in [0.717, 1.165) is 12.1 Å². The van der Waals surface area contributed by atoms with Gasteiger partial charge in [-0.15, -0.1) is 5.10 Å². The van der Waals surface area contributed by atoms with Gasteiger partial charge in [0.05, 0.1) is 11.9 Å². The lowest BCUT2D eigenvalue weighted by Crippen LogP contribution is -2.07. The van der Waals surface area contributed by atoms with Crippen LogP contribution in [-0.2, 0) is 13.1 Å². The zero-order valence-corrected chi connectivity index (χ0v) is 12.1. The average molecular weight is 268 g/mol. The number of fused-ring (bicyclic) bond motifs is 1. The normalized spacial score (nSPS) is 11.3. The molecule has 0 N–H and O–H groups in total. The summed E-state index contributed by atoms with van der Waals surface area (Å²) in [5.74, 6) is 0. The molecule has 4 heteroatoms. The molecule has 0 aliphatic rings. The molecule has 2 heterocycles. The summed E-state index contributed by atoms with van der Waals surface area (Å²) in [5, 5.41) is 9.72. The first-order valence-electron chi connectivity index (χ1n) is 7.21. The van der Waals surface area contributed by atoms with Gasteiger partial charge in [0.1, 0.15) is 6.67 Å². The van der Waals surface area contributed by atoms with E-state index < -0.39 is 0 Å². The number of aromatic nitrogens is 4.